The van der Waals surface area contributed by atoms with Gasteiger partial charge < -0.3 is 37.9 Å². The fraction of sp³-hybridized carbons (Fsp3) is 0.278. The van der Waals surface area contributed by atoms with Gasteiger partial charge in [-0.05, 0) is 86.6 Å². The highest BCUT2D eigenvalue weighted by molar-refractivity contribution is 5.92. The molecule has 2 aliphatic rings. The van der Waals surface area contributed by atoms with Crippen LogP contribution in [0.15, 0.2) is 97.1 Å². The van der Waals surface area contributed by atoms with Gasteiger partial charge in [-0.2, -0.15) is 0 Å². The zero-order valence-electron chi connectivity index (χ0n) is 25.5. The first kappa shape index (κ1) is 31.1. The third-order valence-electron chi connectivity index (χ3n) is 7.61. The number of carbonyl (C=O) groups is 2. The molecule has 10 nitrogen and oxygen atoms in total. The third kappa shape index (κ3) is 7.84. The molecule has 0 aliphatic carbocycles. The quantitative estimate of drug-likeness (QED) is 0.111. The molecule has 10 heteroatoms. The molecule has 4 atom stereocenters. The maximum atomic E-state index is 12.8. The average molecular weight is 627 g/mol. The van der Waals surface area contributed by atoms with E-state index in [9.17, 15) is 9.59 Å². The molecule has 4 aromatic carbocycles. The number of aryl methyl sites for hydroxylation is 2. The van der Waals surface area contributed by atoms with Crippen LogP contribution in [0, 0.1) is 13.8 Å². The number of carbonyl (C=O) groups excluding carboxylic acids is 2. The van der Waals surface area contributed by atoms with Gasteiger partial charge in [0.2, 0.25) is 6.79 Å². The largest absolute Gasteiger partial charge is 0.468 e. The summed E-state index contributed by atoms with van der Waals surface area (Å²) in [7, 11) is 0. The molecule has 238 valence electrons. The number of benzene rings is 4. The zero-order valence-corrected chi connectivity index (χ0v) is 25.5. The van der Waals surface area contributed by atoms with Crippen molar-refractivity contribution >= 4 is 11.9 Å². The molecular formula is C36H34O10. The van der Waals surface area contributed by atoms with Crippen LogP contribution >= 0.6 is 0 Å². The number of hydrogen-bond acceptors (Lipinski definition) is 10. The number of fused-ring (bicyclic) bond motifs is 1. The molecule has 2 fully saturated rings. The Morgan fingerprint density at radius 1 is 0.565 bits per heavy atom. The van der Waals surface area contributed by atoms with Crippen LogP contribution in [0.1, 0.15) is 31.8 Å². The zero-order chi connectivity index (χ0) is 31.9. The maximum absolute atomic E-state index is 12.8. The van der Waals surface area contributed by atoms with Crippen molar-refractivity contribution < 1.29 is 47.5 Å². The molecule has 6 rings (SSSR count). The SMILES string of the molecule is Cc1ccc(OCOc2ccc(OCOC3COC4C(OC(=O)c5ccc(OC(=O)c6ccc(C)cc6)cc5)COC34)cc2)cc1. The molecule has 46 heavy (non-hydrogen) atoms. The molecular weight excluding hydrogens is 592 g/mol. The molecule has 4 unspecified atom stereocenters. The van der Waals surface area contributed by atoms with Crippen LogP contribution in [0.3, 0.4) is 0 Å². The fourth-order valence-electron chi connectivity index (χ4n) is 5.01. The lowest BCUT2D eigenvalue weighted by molar-refractivity contribution is -0.0839. The summed E-state index contributed by atoms with van der Waals surface area (Å²) in [4.78, 5) is 25.2. The van der Waals surface area contributed by atoms with E-state index < -0.39 is 30.3 Å². The minimum Gasteiger partial charge on any atom is -0.468 e. The van der Waals surface area contributed by atoms with Gasteiger partial charge in [0, 0.05) is 0 Å². The minimum atomic E-state index is -0.589. The Morgan fingerprint density at radius 2 is 1.00 bits per heavy atom. The second-order valence-corrected chi connectivity index (χ2v) is 11.0. The summed E-state index contributed by atoms with van der Waals surface area (Å²) in [5, 5.41) is 0. The molecule has 0 radical (unpaired) electrons. The standard InChI is InChI=1S/C36H34O10/c1-23-3-7-25(8-4-23)35(37)45-30-13-9-26(10-14-30)36(38)46-32-20-40-33-31(19-39-34(32)33)44-22-43-29-17-15-28(16-18-29)42-21-41-27-11-5-24(2)6-12-27/h3-18,31-34H,19-22H2,1-2H3. The summed E-state index contributed by atoms with van der Waals surface area (Å²) in [6, 6.07) is 28.1. The lowest BCUT2D eigenvalue weighted by Gasteiger charge is -2.17. The van der Waals surface area contributed by atoms with E-state index in [0.717, 1.165) is 16.9 Å². The van der Waals surface area contributed by atoms with Crippen molar-refractivity contribution in [3.63, 3.8) is 0 Å². The van der Waals surface area contributed by atoms with Gasteiger partial charge in [-0.1, -0.05) is 35.4 Å². The van der Waals surface area contributed by atoms with Crippen LogP contribution in [0.4, 0.5) is 0 Å². The van der Waals surface area contributed by atoms with E-state index in [-0.39, 0.29) is 32.9 Å². The monoisotopic (exact) mass is 626 g/mol. The van der Waals surface area contributed by atoms with Gasteiger partial charge in [0.25, 0.3) is 0 Å². The Morgan fingerprint density at radius 3 is 1.61 bits per heavy atom. The van der Waals surface area contributed by atoms with Gasteiger partial charge >= 0.3 is 11.9 Å². The van der Waals surface area contributed by atoms with Crippen LogP contribution in [-0.4, -0.2) is 63.2 Å². The van der Waals surface area contributed by atoms with Crippen molar-refractivity contribution in [1.29, 1.82) is 0 Å². The molecule has 0 spiro atoms. The Bertz CT molecular complexity index is 1600. The molecule has 4 aromatic rings. The highest BCUT2D eigenvalue weighted by Gasteiger charge is 2.50. The van der Waals surface area contributed by atoms with Crippen molar-refractivity contribution in [2.75, 3.05) is 26.8 Å². The third-order valence-corrected chi connectivity index (χ3v) is 7.61. The van der Waals surface area contributed by atoms with E-state index in [1.165, 1.54) is 0 Å². The first-order chi connectivity index (χ1) is 22.4. The second kappa shape index (κ2) is 14.5. The van der Waals surface area contributed by atoms with E-state index in [4.69, 9.17) is 37.9 Å². The molecule has 2 aliphatic heterocycles. The summed E-state index contributed by atoms with van der Waals surface area (Å²) in [6.45, 7) is 4.50. The molecule has 0 bridgehead atoms. The van der Waals surface area contributed by atoms with E-state index in [1.807, 2.05) is 50.2 Å². The predicted octanol–water partition coefficient (Wildman–Crippen LogP) is 5.68. The Balaban J connectivity index is 0.911. The Labute approximate surface area is 266 Å². The van der Waals surface area contributed by atoms with Gasteiger partial charge in [0.05, 0.1) is 24.3 Å². The van der Waals surface area contributed by atoms with Crippen molar-refractivity contribution in [2.24, 2.45) is 0 Å². The van der Waals surface area contributed by atoms with Crippen molar-refractivity contribution in [1.82, 2.24) is 0 Å². The molecule has 0 aromatic heterocycles. The van der Waals surface area contributed by atoms with Gasteiger partial charge in [0.1, 0.15) is 41.3 Å². The van der Waals surface area contributed by atoms with Crippen LogP contribution in [0.25, 0.3) is 0 Å². The van der Waals surface area contributed by atoms with Crippen LogP contribution in [0.2, 0.25) is 0 Å². The minimum absolute atomic E-state index is 0.0113. The van der Waals surface area contributed by atoms with Gasteiger partial charge in [-0.3, -0.25) is 0 Å². The maximum Gasteiger partial charge on any atom is 0.343 e. The number of rotatable bonds is 12. The summed E-state index contributed by atoms with van der Waals surface area (Å²) in [5.74, 6) is 1.30. The topological polar surface area (TPSA) is 108 Å². The fourth-order valence-corrected chi connectivity index (χ4v) is 5.01. The van der Waals surface area contributed by atoms with E-state index >= 15 is 0 Å². The second-order valence-electron chi connectivity index (χ2n) is 11.0. The Kier molecular flexibility index (Phi) is 9.78. The number of esters is 2. The van der Waals surface area contributed by atoms with Gasteiger partial charge in [-0.25, -0.2) is 9.59 Å². The first-order valence-electron chi connectivity index (χ1n) is 14.9. The summed E-state index contributed by atoms with van der Waals surface area (Å²) in [5.41, 5.74) is 2.96. The van der Waals surface area contributed by atoms with Gasteiger partial charge in [0.15, 0.2) is 12.9 Å². The molecule has 0 saturated carbocycles. The Hall–Kier alpha value is -4.90. The highest BCUT2D eigenvalue weighted by atomic mass is 16.7. The lowest BCUT2D eigenvalue weighted by atomic mass is 10.1. The predicted molar refractivity (Wildman–Crippen MR) is 165 cm³/mol. The molecule has 2 saturated heterocycles. The van der Waals surface area contributed by atoms with E-state index in [0.29, 0.717) is 28.4 Å². The van der Waals surface area contributed by atoms with E-state index in [2.05, 4.69) is 0 Å². The number of ether oxygens (including phenoxy) is 8. The van der Waals surface area contributed by atoms with Gasteiger partial charge in [-0.15, -0.1) is 0 Å². The number of hydrogen-bond donors (Lipinski definition) is 0. The van der Waals surface area contributed by atoms with Crippen molar-refractivity contribution in [3.05, 3.63) is 119 Å². The van der Waals surface area contributed by atoms with Crippen LogP contribution < -0.4 is 18.9 Å². The average Bonchev–Trinajstić information content (AvgIpc) is 3.66. The molecule has 0 N–H and O–H groups in total. The van der Waals surface area contributed by atoms with Crippen LogP contribution in [0.5, 0.6) is 23.0 Å². The van der Waals surface area contributed by atoms with Crippen molar-refractivity contribution in [3.8, 4) is 23.0 Å². The highest BCUT2D eigenvalue weighted by Crippen LogP contribution is 2.31. The lowest BCUT2D eigenvalue weighted by Crippen LogP contribution is -2.35. The first-order valence-corrected chi connectivity index (χ1v) is 14.9. The summed E-state index contributed by atoms with van der Waals surface area (Å²) >= 11 is 0. The van der Waals surface area contributed by atoms with Crippen LogP contribution in [-0.2, 0) is 18.9 Å². The summed E-state index contributed by atoms with van der Waals surface area (Å²) in [6.07, 6.45) is -1.82. The molecule has 0 amide bonds. The normalized spacial score (nSPS) is 20.0. The van der Waals surface area contributed by atoms with E-state index in [1.54, 1.807) is 60.7 Å². The summed E-state index contributed by atoms with van der Waals surface area (Å²) < 4.78 is 45.7. The molecule has 2 heterocycles. The van der Waals surface area contributed by atoms with Crippen molar-refractivity contribution in [2.45, 2.75) is 38.3 Å². The smallest absolute Gasteiger partial charge is 0.343 e.